The molecule has 0 radical (unpaired) electrons. The van der Waals surface area contributed by atoms with E-state index in [-0.39, 0.29) is 12.0 Å². The normalized spacial score (nSPS) is 12.4. The zero-order valence-electron chi connectivity index (χ0n) is 9.60. The van der Waals surface area contributed by atoms with E-state index in [1.165, 1.54) is 6.20 Å². The minimum absolute atomic E-state index is 0.132. The van der Waals surface area contributed by atoms with E-state index in [1.807, 2.05) is 0 Å². The van der Waals surface area contributed by atoms with Gasteiger partial charge in [0.1, 0.15) is 0 Å². The number of aromatic nitrogens is 2. The maximum absolute atomic E-state index is 11.5. The number of carbonyl (C=O) groups is 1. The van der Waals surface area contributed by atoms with Gasteiger partial charge in [-0.15, -0.1) is 0 Å². The minimum atomic E-state index is -0.367. The molecule has 0 spiro atoms. The molecule has 1 aromatic rings. The lowest BCUT2D eigenvalue weighted by atomic mass is 10.3. The maximum Gasteiger partial charge on any atom is 0.254 e. The van der Waals surface area contributed by atoms with Crippen molar-refractivity contribution in [1.29, 1.82) is 0 Å². The highest BCUT2D eigenvalue weighted by molar-refractivity contribution is 5.93. The number of aryl methyl sites for hydroxylation is 1. The van der Waals surface area contributed by atoms with Crippen molar-refractivity contribution in [2.24, 2.45) is 7.05 Å². The van der Waals surface area contributed by atoms with E-state index in [0.717, 1.165) is 0 Å². The third kappa shape index (κ3) is 4.41. The monoisotopic (exact) mass is 226 g/mol. The van der Waals surface area contributed by atoms with Crippen molar-refractivity contribution >= 4 is 5.91 Å². The van der Waals surface area contributed by atoms with Gasteiger partial charge in [0.2, 0.25) is 0 Å². The van der Waals surface area contributed by atoms with Crippen molar-refractivity contribution < 1.29 is 9.90 Å². The predicted octanol–water partition coefficient (Wildman–Crippen LogP) is -0.880. The molecule has 1 aromatic heterocycles. The van der Waals surface area contributed by atoms with Gasteiger partial charge in [-0.25, -0.2) is 0 Å². The Kier molecular flexibility index (Phi) is 4.94. The van der Waals surface area contributed by atoms with Crippen LogP contribution in [-0.4, -0.2) is 46.5 Å². The molecule has 1 amide bonds. The molecule has 0 fully saturated rings. The zero-order chi connectivity index (χ0) is 12.0. The van der Waals surface area contributed by atoms with Gasteiger partial charge in [-0.1, -0.05) is 0 Å². The molecular weight excluding hydrogens is 208 g/mol. The summed E-state index contributed by atoms with van der Waals surface area (Å²) in [4.78, 5) is 11.5. The fourth-order valence-corrected chi connectivity index (χ4v) is 1.22. The Bertz CT molecular complexity index is 335. The van der Waals surface area contributed by atoms with Crippen LogP contribution in [0, 0.1) is 0 Å². The summed E-state index contributed by atoms with van der Waals surface area (Å²) in [5.74, 6) is -0.132. The van der Waals surface area contributed by atoms with Crippen LogP contribution in [0.25, 0.3) is 0 Å². The maximum atomic E-state index is 11.5. The Morgan fingerprint density at radius 3 is 2.94 bits per heavy atom. The fourth-order valence-electron chi connectivity index (χ4n) is 1.22. The molecular formula is C10H18N4O2. The molecule has 0 aliphatic rings. The molecule has 0 aromatic carbocycles. The summed E-state index contributed by atoms with van der Waals surface area (Å²) >= 11 is 0. The van der Waals surface area contributed by atoms with Gasteiger partial charge in [0.05, 0.1) is 17.9 Å². The molecule has 3 N–H and O–H groups in total. The van der Waals surface area contributed by atoms with E-state index in [1.54, 1.807) is 24.9 Å². The van der Waals surface area contributed by atoms with E-state index in [2.05, 4.69) is 15.7 Å². The van der Waals surface area contributed by atoms with Crippen molar-refractivity contribution in [2.75, 3.05) is 19.6 Å². The molecule has 90 valence electrons. The smallest absolute Gasteiger partial charge is 0.254 e. The number of nitrogens with zero attached hydrogens (tertiary/aromatic N) is 2. The first-order valence-electron chi connectivity index (χ1n) is 5.25. The Morgan fingerprint density at radius 1 is 1.62 bits per heavy atom. The van der Waals surface area contributed by atoms with Gasteiger partial charge in [0.25, 0.3) is 5.91 Å². The molecule has 1 heterocycles. The molecule has 1 rings (SSSR count). The SMILES string of the molecule is CC(O)CNCCNC(=O)c1cnn(C)c1. The Balaban J connectivity index is 2.16. The molecule has 0 saturated heterocycles. The van der Waals surface area contributed by atoms with Crippen molar-refractivity contribution in [1.82, 2.24) is 20.4 Å². The summed E-state index contributed by atoms with van der Waals surface area (Å²) in [5.41, 5.74) is 0.554. The van der Waals surface area contributed by atoms with Gasteiger partial charge >= 0.3 is 0 Å². The topological polar surface area (TPSA) is 79.2 Å². The van der Waals surface area contributed by atoms with Crippen molar-refractivity contribution in [3.63, 3.8) is 0 Å². The molecule has 0 bridgehead atoms. The van der Waals surface area contributed by atoms with Gasteiger partial charge < -0.3 is 15.7 Å². The second-order valence-corrected chi connectivity index (χ2v) is 3.71. The van der Waals surface area contributed by atoms with Crippen LogP contribution in [0.4, 0.5) is 0 Å². The van der Waals surface area contributed by atoms with E-state index < -0.39 is 0 Å². The number of rotatable bonds is 6. The second-order valence-electron chi connectivity index (χ2n) is 3.71. The average molecular weight is 226 g/mol. The standard InChI is InChI=1S/C10H18N4O2/c1-8(15)5-11-3-4-12-10(16)9-6-13-14(2)7-9/h6-8,11,15H,3-5H2,1-2H3,(H,12,16). The Morgan fingerprint density at radius 2 is 2.38 bits per heavy atom. The van der Waals surface area contributed by atoms with Gasteiger partial charge in [0, 0.05) is 32.9 Å². The summed E-state index contributed by atoms with van der Waals surface area (Å²) < 4.78 is 1.58. The first-order chi connectivity index (χ1) is 7.59. The van der Waals surface area contributed by atoms with Crippen LogP contribution in [0.2, 0.25) is 0 Å². The quantitative estimate of drug-likeness (QED) is 0.550. The number of hydrogen-bond donors (Lipinski definition) is 3. The number of aliphatic hydroxyl groups excluding tert-OH is 1. The highest BCUT2D eigenvalue weighted by atomic mass is 16.3. The largest absolute Gasteiger partial charge is 0.392 e. The van der Waals surface area contributed by atoms with Crippen LogP contribution >= 0.6 is 0 Å². The van der Waals surface area contributed by atoms with Gasteiger partial charge in [-0.2, -0.15) is 5.10 Å². The van der Waals surface area contributed by atoms with Gasteiger partial charge in [0.15, 0.2) is 0 Å². The fraction of sp³-hybridized carbons (Fsp3) is 0.600. The van der Waals surface area contributed by atoms with Crippen molar-refractivity contribution in [2.45, 2.75) is 13.0 Å². The lowest BCUT2D eigenvalue weighted by molar-refractivity contribution is 0.0953. The van der Waals surface area contributed by atoms with Crippen molar-refractivity contribution in [3.8, 4) is 0 Å². The summed E-state index contributed by atoms with van der Waals surface area (Å²) in [6, 6.07) is 0. The third-order valence-corrected chi connectivity index (χ3v) is 1.99. The molecule has 0 saturated carbocycles. The first kappa shape index (κ1) is 12.7. The van der Waals surface area contributed by atoms with Crippen LogP contribution in [-0.2, 0) is 7.05 Å². The van der Waals surface area contributed by atoms with Gasteiger partial charge in [-0.05, 0) is 6.92 Å². The number of aliphatic hydroxyl groups is 1. The first-order valence-corrected chi connectivity index (χ1v) is 5.25. The minimum Gasteiger partial charge on any atom is -0.392 e. The second kappa shape index (κ2) is 6.24. The summed E-state index contributed by atoms with van der Waals surface area (Å²) in [6.45, 7) is 3.40. The molecule has 0 aliphatic heterocycles. The molecule has 1 unspecified atom stereocenters. The predicted molar refractivity (Wildman–Crippen MR) is 60.1 cm³/mol. The van der Waals surface area contributed by atoms with Crippen molar-refractivity contribution in [3.05, 3.63) is 18.0 Å². The van der Waals surface area contributed by atoms with Crippen LogP contribution in [0.5, 0.6) is 0 Å². The zero-order valence-corrected chi connectivity index (χ0v) is 9.60. The average Bonchev–Trinajstić information content (AvgIpc) is 2.63. The summed E-state index contributed by atoms with van der Waals surface area (Å²) in [6.07, 6.45) is 2.82. The van der Waals surface area contributed by atoms with Crippen LogP contribution in [0.1, 0.15) is 17.3 Å². The number of amides is 1. The van der Waals surface area contributed by atoms with Crippen LogP contribution < -0.4 is 10.6 Å². The molecule has 6 nitrogen and oxygen atoms in total. The van der Waals surface area contributed by atoms with Gasteiger partial charge in [-0.3, -0.25) is 9.48 Å². The van der Waals surface area contributed by atoms with E-state index in [9.17, 15) is 4.79 Å². The highest BCUT2D eigenvalue weighted by Gasteiger charge is 2.06. The molecule has 6 heteroatoms. The van der Waals surface area contributed by atoms with Crippen LogP contribution in [0.15, 0.2) is 12.4 Å². The van der Waals surface area contributed by atoms with Crippen LogP contribution in [0.3, 0.4) is 0 Å². The van der Waals surface area contributed by atoms with E-state index in [0.29, 0.717) is 25.2 Å². The molecule has 16 heavy (non-hydrogen) atoms. The number of nitrogens with one attached hydrogen (secondary N) is 2. The number of hydrogen-bond acceptors (Lipinski definition) is 4. The highest BCUT2D eigenvalue weighted by Crippen LogP contribution is 1.94. The molecule has 0 aliphatic carbocycles. The summed E-state index contributed by atoms with van der Waals surface area (Å²) in [7, 11) is 1.76. The lowest BCUT2D eigenvalue weighted by Crippen LogP contribution is -2.34. The number of carbonyl (C=O) groups excluding carboxylic acids is 1. The Labute approximate surface area is 94.6 Å². The van der Waals surface area contributed by atoms with E-state index in [4.69, 9.17) is 5.11 Å². The molecule has 1 atom stereocenters. The Hall–Kier alpha value is -1.40. The van der Waals surface area contributed by atoms with E-state index >= 15 is 0 Å². The summed E-state index contributed by atoms with van der Waals surface area (Å²) in [5, 5.41) is 18.7. The lowest BCUT2D eigenvalue weighted by Gasteiger charge is -2.07. The third-order valence-electron chi connectivity index (χ3n) is 1.99.